The Morgan fingerprint density at radius 2 is 2.32 bits per heavy atom. The zero-order chi connectivity index (χ0) is 13.1. The fraction of sp³-hybridized carbons (Fsp3) is 0.667. The normalized spacial score (nSPS) is 22.1. The molecule has 1 aliphatic heterocycles. The topological polar surface area (TPSA) is 87.4 Å². The molecule has 1 saturated heterocycles. The Morgan fingerprint density at radius 1 is 1.58 bits per heavy atom. The van der Waals surface area contributed by atoms with E-state index in [1.165, 1.54) is 0 Å². The molecule has 2 unspecified atom stereocenters. The van der Waals surface area contributed by atoms with E-state index in [1.54, 1.807) is 6.92 Å². The van der Waals surface area contributed by atoms with Crippen LogP contribution in [-0.4, -0.2) is 41.9 Å². The largest absolute Gasteiger partial charge is 0.391 e. The highest BCUT2D eigenvalue weighted by molar-refractivity contribution is 5.96. The molecule has 6 nitrogen and oxygen atoms in total. The van der Waals surface area contributed by atoms with Gasteiger partial charge in [0, 0.05) is 25.6 Å². The van der Waals surface area contributed by atoms with Crippen molar-refractivity contribution in [2.24, 2.45) is 5.92 Å². The Balaban J connectivity index is 0.00000180. The molecule has 1 aliphatic rings. The van der Waals surface area contributed by atoms with Gasteiger partial charge in [-0.15, -0.1) is 12.4 Å². The summed E-state index contributed by atoms with van der Waals surface area (Å²) in [6.07, 6.45) is 0.271. The molecule has 1 fully saturated rings. The summed E-state index contributed by atoms with van der Waals surface area (Å²) in [7, 11) is 0. The molecule has 0 aromatic carbocycles. The minimum Gasteiger partial charge on any atom is -0.391 e. The number of rotatable bonds is 4. The highest BCUT2D eigenvalue weighted by Gasteiger charge is 2.26. The Bertz CT molecular complexity index is 436. The highest BCUT2D eigenvalue weighted by atomic mass is 35.5. The van der Waals surface area contributed by atoms with E-state index in [9.17, 15) is 9.90 Å². The number of hydrogen-bond acceptors (Lipinski definition) is 5. The van der Waals surface area contributed by atoms with Crippen LogP contribution in [0.2, 0.25) is 0 Å². The van der Waals surface area contributed by atoms with Gasteiger partial charge >= 0.3 is 0 Å². The number of aliphatic hydroxyl groups excluding tert-OH is 1. The Morgan fingerprint density at radius 3 is 2.89 bits per heavy atom. The second-order valence-corrected chi connectivity index (χ2v) is 4.61. The highest BCUT2D eigenvalue weighted by Crippen LogP contribution is 2.14. The van der Waals surface area contributed by atoms with E-state index in [1.807, 2.05) is 6.92 Å². The van der Waals surface area contributed by atoms with E-state index in [0.717, 1.165) is 6.54 Å². The molecule has 19 heavy (non-hydrogen) atoms. The second-order valence-electron chi connectivity index (χ2n) is 4.61. The van der Waals surface area contributed by atoms with Gasteiger partial charge in [0.15, 0.2) is 0 Å². The van der Waals surface area contributed by atoms with E-state index < -0.39 is 0 Å². The average Bonchev–Trinajstić information content (AvgIpc) is 2.92. The molecule has 2 atom stereocenters. The predicted molar refractivity (Wildman–Crippen MR) is 72.6 cm³/mol. The molecular weight excluding hydrogens is 270 g/mol. The molecule has 0 aliphatic carbocycles. The number of carbonyl (C=O) groups is 1. The van der Waals surface area contributed by atoms with Crippen molar-refractivity contribution in [3.8, 4) is 0 Å². The third-order valence-electron chi connectivity index (χ3n) is 3.32. The summed E-state index contributed by atoms with van der Waals surface area (Å²) in [6, 6.07) is 0. The molecule has 2 rings (SSSR count). The van der Waals surface area contributed by atoms with Gasteiger partial charge in [-0.1, -0.05) is 12.1 Å². The van der Waals surface area contributed by atoms with Crippen molar-refractivity contribution >= 4 is 18.3 Å². The van der Waals surface area contributed by atoms with Gasteiger partial charge in [-0.3, -0.25) is 4.79 Å². The van der Waals surface area contributed by atoms with E-state index >= 15 is 0 Å². The number of aryl methyl sites for hydroxylation is 2. The lowest BCUT2D eigenvalue weighted by Gasteiger charge is -2.13. The summed E-state index contributed by atoms with van der Waals surface area (Å²) in [5.74, 6) is 0.429. The van der Waals surface area contributed by atoms with E-state index in [-0.39, 0.29) is 30.3 Å². The van der Waals surface area contributed by atoms with Gasteiger partial charge in [0.05, 0.1) is 11.8 Å². The van der Waals surface area contributed by atoms with Gasteiger partial charge in [-0.2, -0.15) is 0 Å². The number of carbonyl (C=O) groups excluding carboxylic acids is 1. The molecule has 0 saturated carbocycles. The van der Waals surface area contributed by atoms with Crippen molar-refractivity contribution in [2.75, 3.05) is 19.6 Å². The van der Waals surface area contributed by atoms with Crippen LogP contribution in [-0.2, 0) is 6.42 Å². The van der Waals surface area contributed by atoms with Gasteiger partial charge in [0.1, 0.15) is 11.3 Å². The maximum absolute atomic E-state index is 12.1. The zero-order valence-electron chi connectivity index (χ0n) is 11.1. The molecule has 0 bridgehead atoms. The molecule has 0 radical (unpaired) electrons. The van der Waals surface area contributed by atoms with Crippen LogP contribution in [0.1, 0.15) is 28.7 Å². The van der Waals surface area contributed by atoms with Crippen LogP contribution in [0.4, 0.5) is 0 Å². The van der Waals surface area contributed by atoms with E-state index in [4.69, 9.17) is 4.52 Å². The lowest BCUT2D eigenvalue weighted by atomic mass is 10.1. The third-order valence-corrected chi connectivity index (χ3v) is 3.32. The monoisotopic (exact) mass is 289 g/mol. The van der Waals surface area contributed by atoms with Gasteiger partial charge in [0.2, 0.25) is 0 Å². The number of halogens is 1. The second kappa shape index (κ2) is 6.88. The Hall–Kier alpha value is -1.11. The number of nitrogens with one attached hydrogen (secondary N) is 2. The smallest absolute Gasteiger partial charge is 0.256 e. The summed E-state index contributed by atoms with van der Waals surface area (Å²) in [6.45, 7) is 5.43. The number of amides is 1. The average molecular weight is 290 g/mol. The fourth-order valence-electron chi connectivity index (χ4n) is 2.19. The van der Waals surface area contributed by atoms with Gasteiger partial charge in [-0.05, 0) is 13.3 Å². The minimum atomic E-state index is -0.389. The van der Waals surface area contributed by atoms with Gasteiger partial charge < -0.3 is 20.3 Å². The van der Waals surface area contributed by atoms with Crippen LogP contribution in [0.15, 0.2) is 4.52 Å². The van der Waals surface area contributed by atoms with Crippen molar-refractivity contribution in [1.29, 1.82) is 0 Å². The van der Waals surface area contributed by atoms with Crippen molar-refractivity contribution in [3.63, 3.8) is 0 Å². The van der Waals surface area contributed by atoms with Crippen molar-refractivity contribution in [3.05, 3.63) is 17.0 Å². The molecule has 1 aromatic rings. The van der Waals surface area contributed by atoms with E-state index in [0.29, 0.717) is 36.5 Å². The molecule has 7 heteroatoms. The molecule has 3 N–H and O–H groups in total. The van der Waals surface area contributed by atoms with Gasteiger partial charge in [-0.25, -0.2) is 0 Å². The number of hydrogen-bond donors (Lipinski definition) is 3. The maximum atomic E-state index is 12.1. The summed E-state index contributed by atoms with van der Waals surface area (Å²) in [5.41, 5.74) is 1.20. The summed E-state index contributed by atoms with van der Waals surface area (Å²) in [5, 5.41) is 19.4. The van der Waals surface area contributed by atoms with Crippen LogP contribution >= 0.6 is 12.4 Å². The first-order valence-corrected chi connectivity index (χ1v) is 6.25. The van der Waals surface area contributed by atoms with Crippen LogP contribution in [0.25, 0.3) is 0 Å². The number of β-amino-alcohol motifs (C(OH)–C–C–N with tert-alkyl or cyclic N) is 1. The Kier molecular flexibility index (Phi) is 5.78. The number of aliphatic hydroxyl groups is 1. The van der Waals surface area contributed by atoms with Crippen LogP contribution in [0.5, 0.6) is 0 Å². The summed E-state index contributed by atoms with van der Waals surface area (Å²) in [4.78, 5) is 12.1. The van der Waals surface area contributed by atoms with E-state index in [2.05, 4.69) is 15.8 Å². The molecule has 108 valence electrons. The molecule has 1 aromatic heterocycles. The van der Waals surface area contributed by atoms with Crippen LogP contribution in [0.3, 0.4) is 0 Å². The first-order valence-electron chi connectivity index (χ1n) is 6.25. The quantitative estimate of drug-likeness (QED) is 0.741. The first-order chi connectivity index (χ1) is 8.63. The summed E-state index contributed by atoms with van der Waals surface area (Å²) < 4.78 is 5.03. The van der Waals surface area contributed by atoms with Crippen LogP contribution in [0, 0.1) is 12.8 Å². The predicted octanol–water partition coefficient (Wildman–Crippen LogP) is 0.277. The number of nitrogens with zero attached hydrogens (tertiary/aromatic N) is 1. The zero-order valence-corrected chi connectivity index (χ0v) is 11.9. The van der Waals surface area contributed by atoms with Crippen molar-refractivity contribution in [2.45, 2.75) is 26.4 Å². The molecular formula is C12H20ClN3O3. The first kappa shape index (κ1) is 15.9. The SMILES string of the molecule is CCc1noc(C)c1C(=O)NCC1CNCC1O.Cl. The third kappa shape index (κ3) is 3.46. The molecule has 2 heterocycles. The fourth-order valence-corrected chi connectivity index (χ4v) is 2.19. The maximum Gasteiger partial charge on any atom is 0.256 e. The molecule has 1 amide bonds. The van der Waals surface area contributed by atoms with Crippen LogP contribution < -0.4 is 10.6 Å². The minimum absolute atomic E-state index is 0. The van der Waals surface area contributed by atoms with Gasteiger partial charge in [0.25, 0.3) is 5.91 Å². The van der Waals surface area contributed by atoms with Crippen molar-refractivity contribution < 1.29 is 14.4 Å². The summed E-state index contributed by atoms with van der Waals surface area (Å²) >= 11 is 0. The lowest BCUT2D eigenvalue weighted by molar-refractivity contribution is 0.0925. The lowest BCUT2D eigenvalue weighted by Crippen LogP contribution is -2.34. The number of aromatic nitrogens is 1. The molecule has 0 spiro atoms. The Labute approximate surface area is 118 Å². The van der Waals surface area contributed by atoms with Crippen molar-refractivity contribution in [1.82, 2.24) is 15.8 Å². The standard InChI is InChI=1S/C12H19N3O3.ClH/c1-3-9-11(7(2)18-15-9)12(17)14-5-8-4-13-6-10(8)16;/h8,10,13,16H,3-6H2,1-2H3,(H,14,17);1H.